The van der Waals surface area contributed by atoms with E-state index in [1.165, 1.54) is 40.0 Å². The van der Waals surface area contributed by atoms with Crippen LogP contribution in [0.25, 0.3) is 10.9 Å². The number of aromatic nitrogens is 1. The minimum atomic E-state index is -2.19. The quantitative estimate of drug-likeness (QED) is 0.222. The Morgan fingerprint density at radius 3 is 2.35 bits per heavy atom. The number of ether oxygens (including phenoxy) is 2. The maximum absolute atomic E-state index is 17.9. The normalized spacial score (nSPS) is 33.4. The van der Waals surface area contributed by atoms with Gasteiger partial charge >= 0.3 is 11.8 Å². The van der Waals surface area contributed by atoms with Gasteiger partial charge in [-0.3, -0.25) is 19.3 Å². The molecule has 66 heavy (non-hydrogen) atoms. The number of hydrogen-bond acceptors (Lipinski definition) is 13. The summed E-state index contributed by atoms with van der Waals surface area (Å²) in [6.45, 7) is 16.1. The van der Waals surface area contributed by atoms with E-state index in [-0.39, 0.29) is 64.4 Å². The number of anilines is 1. The molecule has 9 rings (SSSR count). The van der Waals surface area contributed by atoms with Crippen molar-refractivity contribution in [1.29, 1.82) is 0 Å². The molecule has 16 heteroatoms. The zero-order chi connectivity index (χ0) is 48.0. The van der Waals surface area contributed by atoms with E-state index >= 15 is 13.6 Å². The van der Waals surface area contributed by atoms with E-state index in [1.54, 1.807) is 40.7 Å². The number of fused-ring (bicyclic) bond motifs is 6. The van der Waals surface area contributed by atoms with Crippen molar-refractivity contribution >= 4 is 34.1 Å². The average molecular weight is 918 g/mol. The molecule has 356 valence electrons. The molecule has 0 amide bonds. The predicted molar refractivity (Wildman–Crippen MR) is 239 cm³/mol. The van der Waals surface area contributed by atoms with Crippen molar-refractivity contribution in [2.75, 3.05) is 31.6 Å². The molecule has 0 radical (unpaired) electrons. The first kappa shape index (κ1) is 46.2. The van der Waals surface area contributed by atoms with Crippen molar-refractivity contribution in [1.82, 2.24) is 9.47 Å². The highest BCUT2D eigenvalue weighted by atomic mass is 19.1. The monoisotopic (exact) mass is 917 g/mol. The Bertz CT molecular complexity index is 2780. The first-order valence-corrected chi connectivity index (χ1v) is 23.2. The minimum Gasteiger partial charge on any atom is -0.492 e. The molecule has 3 heterocycles. The fraction of sp³-hybridized carbons (Fsp3) is 0.620. The van der Waals surface area contributed by atoms with Crippen LogP contribution in [-0.2, 0) is 20.9 Å². The molecular formula is C50H61F2N3O11. The van der Waals surface area contributed by atoms with E-state index in [9.17, 15) is 29.4 Å². The molecule has 0 bridgehead atoms. The number of halogens is 2. The zero-order valence-electron chi connectivity index (χ0n) is 39.4. The van der Waals surface area contributed by atoms with Gasteiger partial charge in [-0.1, -0.05) is 25.5 Å². The number of pyridine rings is 1. The molecule has 1 aliphatic heterocycles. The number of carbonyl (C=O) groups is 3. The standard InChI is InChI=1S/C50H61F2N3O11/c1-24-19-33-32-14-11-29-20-31(56)15-16-47(29,8)49(32,52)35(57)21-48(33,9)50(24,62)44(60)46(6,7)66-43(59)37-27(4)55(30-12-13-30)39-36(41(37)58)26(3)38(51)40(42(39)63-10)54-18-17-53(25(2)22-54)23-34-28(5)64-45(61)65-34/h15-16,20,24-25,30,32-33,35,57,62H,11-14,17-19,21-23H2,1-10H3/t24-,25?,32-,33-,35-,47-,48-,49-,50-/m0/s1. The Kier molecular flexibility index (Phi) is 10.7. The second-order valence-corrected chi connectivity index (χ2v) is 21.0. The van der Waals surface area contributed by atoms with Crippen LogP contribution in [0.4, 0.5) is 14.5 Å². The van der Waals surface area contributed by atoms with Gasteiger partial charge in [0, 0.05) is 59.7 Å². The number of esters is 1. The van der Waals surface area contributed by atoms with Gasteiger partial charge in [0.25, 0.3) is 0 Å². The molecular weight excluding hydrogens is 857 g/mol. The van der Waals surface area contributed by atoms with E-state index in [1.807, 2.05) is 16.4 Å². The van der Waals surface area contributed by atoms with Gasteiger partial charge < -0.3 is 38.0 Å². The van der Waals surface area contributed by atoms with Crippen LogP contribution < -0.4 is 20.9 Å². The molecule has 3 aromatic rings. The Morgan fingerprint density at radius 1 is 1.03 bits per heavy atom. The Balaban J connectivity index is 1.04. The molecule has 4 saturated carbocycles. The summed E-state index contributed by atoms with van der Waals surface area (Å²) in [5.41, 5.74) is -8.78. The first-order valence-electron chi connectivity index (χ1n) is 23.2. The lowest BCUT2D eigenvalue weighted by Crippen LogP contribution is -2.70. The number of alkyl halides is 1. The summed E-state index contributed by atoms with van der Waals surface area (Å²) in [6.07, 6.45) is 4.87. The van der Waals surface area contributed by atoms with Crippen LogP contribution in [-0.4, -0.2) is 93.0 Å². The number of nitrogens with zero attached hydrogens (tertiary/aromatic N) is 3. The predicted octanol–water partition coefficient (Wildman–Crippen LogP) is 6.52. The summed E-state index contributed by atoms with van der Waals surface area (Å²) >= 11 is 0. The van der Waals surface area contributed by atoms with Crippen LogP contribution in [0.15, 0.2) is 42.2 Å². The van der Waals surface area contributed by atoms with E-state index in [0.29, 0.717) is 74.5 Å². The number of piperazine rings is 1. The number of aliphatic hydroxyl groups is 2. The fourth-order valence-electron chi connectivity index (χ4n) is 13.3. The molecule has 5 aliphatic carbocycles. The summed E-state index contributed by atoms with van der Waals surface area (Å²) in [5, 5.41) is 24.7. The molecule has 1 aromatic carbocycles. The highest BCUT2D eigenvalue weighted by Crippen LogP contribution is 2.71. The number of aliphatic hydroxyl groups excluding tert-OH is 1. The zero-order valence-corrected chi connectivity index (χ0v) is 39.4. The van der Waals surface area contributed by atoms with Crippen molar-refractivity contribution in [3.63, 3.8) is 0 Å². The average Bonchev–Trinajstić information content (AvgIpc) is 4.00. The molecule has 9 atom stereocenters. The lowest BCUT2D eigenvalue weighted by atomic mass is 9.44. The minimum absolute atomic E-state index is 0.0119. The van der Waals surface area contributed by atoms with Crippen molar-refractivity contribution in [2.24, 2.45) is 28.6 Å². The van der Waals surface area contributed by atoms with Crippen LogP contribution in [0.5, 0.6) is 5.75 Å². The number of carbonyl (C=O) groups excluding carboxylic acids is 3. The van der Waals surface area contributed by atoms with Gasteiger partial charge in [0.1, 0.15) is 22.6 Å². The molecule has 6 aliphatic rings. The highest BCUT2D eigenvalue weighted by molar-refractivity contribution is 6.03. The SMILES string of the molecule is COc1c(N2CCN(Cc3oc(=O)oc3C)C(C)C2)c(F)c(C)c2c(=O)c(C(=O)OC(C)(C)C(=O)[C@@]3(O)[C@@H](C)C[C@H]4[C@@H]5CCC6=CC(=O)C=C[C@]6(C)[C@@]5(F)[C@@H](O)C[C@@]43C)c(C)n(C3CC3)c12. The number of benzene rings is 1. The largest absolute Gasteiger partial charge is 0.519 e. The lowest BCUT2D eigenvalue weighted by molar-refractivity contribution is -0.223. The van der Waals surface area contributed by atoms with E-state index in [4.69, 9.17) is 18.3 Å². The first-order chi connectivity index (χ1) is 30.9. The van der Waals surface area contributed by atoms with E-state index in [0.717, 1.165) is 0 Å². The van der Waals surface area contributed by atoms with Crippen molar-refractivity contribution in [2.45, 2.75) is 142 Å². The number of ketones is 2. The third-order valence-corrected chi connectivity index (χ3v) is 17.0. The molecule has 1 saturated heterocycles. The van der Waals surface area contributed by atoms with Gasteiger partial charge in [-0.2, -0.15) is 0 Å². The second-order valence-electron chi connectivity index (χ2n) is 21.0. The molecule has 14 nitrogen and oxygen atoms in total. The fourth-order valence-corrected chi connectivity index (χ4v) is 13.3. The molecule has 5 fully saturated rings. The van der Waals surface area contributed by atoms with Crippen molar-refractivity contribution in [3.05, 3.63) is 78.8 Å². The van der Waals surface area contributed by atoms with Crippen LogP contribution in [0.3, 0.4) is 0 Å². The third kappa shape index (κ3) is 6.28. The number of rotatable bonds is 9. The summed E-state index contributed by atoms with van der Waals surface area (Å²) in [7, 11) is 1.42. The number of Topliss-reactive ketones (excluding diaryl/α,β-unsaturated/α-hetero) is 1. The molecule has 0 spiro atoms. The summed E-state index contributed by atoms with van der Waals surface area (Å²) in [6, 6.07) is -0.281. The van der Waals surface area contributed by atoms with Gasteiger partial charge in [-0.15, -0.1) is 0 Å². The van der Waals surface area contributed by atoms with Gasteiger partial charge in [-0.25, -0.2) is 18.4 Å². The highest BCUT2D eigenvalue weighted by Gasteiger charge is 2.76. The smallest absolute Gasteiger partial charge is 0.492 e. The summed E-state index contributed by atoms with van der Waals surface area (Å²) in [5.74, 6) is -4.75. The second kappa shape index (κ2) is 15.3. The Morgan fingerprint density at radius 2 is 1.73 bits per heavy atom. The summed E-state index contributed by atoms with van der Waals surface area (Å²) in [4.78, 5) is 72.5. The van der Waals surface area contributed by atoms with Crippen LogP contribution in [0, 0.1) is 55.2 Å². The summed E-state index contributed by atoms with van der Waals surface area (Å²) < 4.78 is 59.1. The van der Waals surface area contributed by atoms with Gasteiger partial charge in [0.05, 0.1) is 30.7 Å². The number of aryl methyl sites for hydroxylation is 2. The van der Waals surface area contributed by atoms with Gasteiger partial charge in [-0.05, 0) is 111 Å². The molecule has 1 unspecified atom stereocenters. The van der Waals surface area contributed by atoms with Gasteiger partial charge in [0.15, 0.2) is 34.4 Å². The topological polar surface area (TPSA) is 182 Å². The Labute approximate surface area is 381 Å². The number of methoxy groups -OCH3 is 1. The molecule has 2 N–H and O–H groups in total. The molecule has 2 aromatic heterocycles. The van der Waals surface area contributed by atoms with Gasteiger partial charge in [0.2, 0.25) is 11.2 Å². The van der Waals surface area contributed by atoms with Crippen molar-refractivity contribution < 1.29 is 51.7 Å². The Hall–Kier alpha value is -4.93. The van der Waals surface area contributed by atoms with Crippen LogP contribution in [0.1, 0.15) is 119 Å². The maximum Gasteiger partial charge on any atom is 0.519 e. The van der Waals surface area contributed by atoms with Crippen molar-refractivity contribution in [3.8, 4) is 5.75 Å². The number of hydrogen-bond donors (Lipinski definition) is 2. The van der Waals surface area contributed by atoms with Crippen LogP contribution >= 0.6 is 0 Å². The number of allylic oxidation sites excluding steroid dienone is 4. The van der Waals surface area contributed by atoms with E-state index in [2.05, 4.69) is 4.90 Å². The third-order valence-electron chi connectivity index (χ3n) is 17.0. The lowest BCUT2D eigenvalue weighted by Gasteiger charge is -2.62. The van der Waals surface area contributed by atoms with E-state index < -0.39 is 80.4 Å². The maximum atomic E-state index is 17.9. The van der Waals surface area contributed by atoms with Crippen LogP contribution in [0.2, 0.25) is 0 Å².